The summed E-state index contributed by atoms with van der Waals surface area (Å²) < 4.78 is -0.0345. The summed E-state index contributed by atoms with van der Waals surface area (Å²) in [4.78, 5) is 17.7. The van der Waals surface area contributed by atoms with Gasteiger partial charge in [0.15, 0.2) is 0 Å². The van der Waals surface area contributed by atoms with Crippen molar-refractivity contribution in [2.45, 2.75) is 49.8 Å². The van der Waals surface area contributed by atoms with Gasteiger partial charge in [-0.3, -0.25) is 9.79 Å². The zero-order valence-corrected chi connectivity index (χ0v) is 14.6. The minimum absolute atomic E-state index is 0.0345. The van der Waals surface area contributed by atoms with E-state index in [2.05, 4.69) is 36.5 Å². The fourth-order valence-corrected chi connectivity index (χ4v) is 6.53. The van der Waals surface area contributed by atoms with Gasteiger partial charge in [0, 0.05) is 18.3 Å². The summed E-state index contributed by atoms with van der Waals surface area (Å²) in [5.41, 5.74) is 1.18. The number of thioether (sulfide) groups is 1. The third-order valence-corrected chi connectivity index (χ3v) is 7.80. The van der Waals surface area contributed by atoms with Crippen molar-refractivity contribution in [3.63, 3.8) is 0 Å². The smallest absolute Gasteiger partial charge is 0.224 e. The number of carbonyl (C=O) groups is 1. The molecule has 5 unspecified atom stereocenters. The van der Waals surface area contributed by atoms with Crippen molar-refractivity contribution in [2.75, 3.05) is 12.3 Å². The first-order valence-electron chi connectivity index (χ1n) is 9.06. The molecule has 4 heteroatoms. The normalized spacial score (nSPS) is 41.9. The Bertz CT molecular complexity index is 582. The maximum Gasteiger partial charge on any atom is 0.224 e. The maximum absolute atomic E-state index is 13.0. The van der Waals surface area contributed by atoms with E-state index in [4.69, 9.17) is 4.99 Å². The van der Waals surface area contributed by atoms with Gasteiger partial charge in [-0.2, -0.15) is 0 Å². The average molecular weight is 330 g/mol. The molecule has 5 atom stereocenters. The quantitative estimate of drug-likeness (QED) is 0.843. The van der Waals surface area contributed by atoms with E-state index in [1.807, 2.05) is 11.8 Å². The Morgan fingerprint density at radius 2 is 2.17 bits per heavy atom. The van der Waals surface area contributed by atoms with Crippen LogP contribution in [0.2, 0.25) is 0 Å². The van der Waals surface area contributed by atoms with Gasteiger partial charge in [0.25, 0.3) is 0 Å². The van der Waals surface area contributed by atoms with Gasteiger partial charge < -0.3 is 5.32 Å². The minimum atomic E-state index is -0.0345. The van der Waals surface area contributed by atoms with Crippen LogP contribution in [0.3, 0.4) is 0 Å². The summed E-state index contributed by atoms with van der Waals surface area (Å²) in [5, 5.41) is 3.40. The number of rotatable bonds is 2. The van der Waals surface area contributed by atoms with Crippen molar-refractivity contribution in [1.29, 1.82) is 0 Å². The van der Waals surface area contributed by atoms with Crippen LogP contribution in [0.4, 0.5) is 0 Å². The van der Waals surface area contributed by atoms with Crippen molar-refractivity contribution in [3.8, 4) is 0 Å². The van der Waals surface area contributed by atoms with Crippen molar-refractivity contribution >= 4 is 23.4 Å². The molecule has 2 fully saturated rings. The number of allylic oxidation sites excluding steroid dienone is 3. The van der Waals surface area contributed by atoms with Gasteiger partial charge in [-0.25, -0.2) is 0 Å². The van der Waals surface area contributed by atoms with Crippen LogP contribution in [-0.2, 0) is 4.79 Å². The Morgan fingerprint density at radius 3 is 3.04 bits per heavy atom. The number of hydrogen-bond donors (Lipinski definition) is 1. The molecular formula is C19H26N2OS. The van der Waals surface area contributed by atoms with Gasteiger partial charge in [-0.15, -0.1) is 11.8 Å². The fraction of sp³-hybridized carbons (Fsp3) is 0.684. The average Bonchev–Trinajstić information content (AvgIpc) is 2.95. The zero-order chi connectivity index (χ0) is 15.9. The summed E-state index contributed by atoms with van der Waals surface area (Å²) in [7, 11) is 0. The van der Waals surface area contributed by atoms with Gasteiger partial charge >= 0.3 is 0 Å². The van der Waals surface area contributed by atoms with Crippen molar-refractivity contribution in [1.82, 2.24) is 5.32 Å². The molecule has 4 rings (SSSR count). The molecule has 1 amide bonds. The molecule has 23 heavy (non-hydrogen) atoms. The topological polar surface area (TPSA) is 41.5 Å². The fourth-order valence-electron chi connectivity index (χ4n) is 4.74. The summed E-state index contributed by atoms with van der Waals surface area (Å²) in [6.45, 7) is 3.15. The molecular weight excluding hydrogens is 304 g/mol. The summed E-state index contributed by atoms with van der Waals surface area (Å²) in [6, 6.07) is 0.385. The number of nitrogens with zero attached hydrogens (tertiary/aromatic N) is 1. The Morgan fingerprint density at radius 1 is 1.30 bits per heavy atom. The van der Waals surface area contributed by atoms with E-state index in [-0.39, 0.29) is 10.7 Å². The molecule has 1 N–H and O–H groups in total. The molecule has 124 valence electrons. The summed E-state index contributed by atoms with van der Waals surface area (Å²) >= 11 is 1.93. The monoisotopic (exact) mass is 330 g/mol. The number of nitrogens with one attached hydrogen (secondary N) is 1. The van der Waals surface area contributed by atoms with Gasteiger partial charge in [0.2, 0.25) is 5.91 Å². The van der Waals surface area contributed by atoms with Crippen LogP contribution in [0.1, 0.15) is 39.0 Å². The van der Waals surface area contributed by atoms with Crippen molar-refractivity contribution < 1.29 is 4.79 Å². The van der Waals surface area contributed by atoms with Crippen LogP contribution >= 0.6 is 11.8 Å². The molecule has 2 aliphatic carbocycles. The Labute approximate surface area is 143 Å². The lowest BCUT2D eigenvalue weighted by Gasteiger charge is -2.38. The predicted molar refractivity (Wildman–Crippen MR) is 96.9 cm³/mol. The lowest BCUT2D eigenvalue weighted by atomic mass is 9.73. The van der Waals surface area contributed by atoms with Gasteiger partial charge in [-0.1, -0.05) is 38.0 Å². The Kier molecular flexibility index (Phi) is 4.12. The van der Waals surface area contributed by atoms with Gasteiger partial charge in [-0.05, 0) is 37.2 Å². The number of aliphatic imine (C=N–C) groups is 1. The molecule has 0 aromatic rings. The highest BCUT2D eigenvalue weighted by Gasteiger charge is 2.54. The second-order valence-electron chi connectivity index (χ2n) is 7.47. The van der Waals surface area contributed by atoms with E-state index in [1.165, 1.54) is 25.0 Å². The van der Waals surface area contributed by atoms with E-state index in [1.54, 1.807) is 0 Å². The van der Waals surface area contributed by atoms with Crippen LogP contribution < -0.4 is 5.32 Å². The predicted octanol–water partition coefficient (Wildman–Crippen LogP) is 3.37. The highest BCUT2D eigenvalue weighted by Crippen LogP contribution is 2.52. The first-order chi connectivity index (χ1) is 11.2. The highest BCUT2D eigenvalue weighted by atomic mass is 32.2. The molecule has 3 nitrogen and oxygen atoms in total. The zero-order valence-electron chi connectivity index (χ0n) is 13.8. The Hall–Kier alpha value is -1.03. The highest BCUT2D eigenvalue weighted by molar-refractivity contribution is 8.02. The van der Waals surface area contributed by atoms with E-state index in [9.17, 15) is 4.79 Å². The molecule has 4 aliphatic rings. The van der Waals surface area contributed by atoms with Crippen LogP contribution in [0.5, 0.6) is 0 Å². The third kappa shape index (κ3) is 2.59. The first kappa shape index (κ1) is 15.5. The van der Waals surface area contributed by atoms with E-state index >= 15 is 0 Å². The molecule has 2 heterocycles. The van der Waals surface area contributed by atoms with Gasteiger partial charge in [0.05, 0.1) is 16.4 Å². The summed E-state index contributed by atoms with van der Waals surface area (Å²) in [6.07, 6.45) is 14.6. The molecule has 0 bridgehead atoms. The van der Waals surface area contributed by atoms with Crippen molar-refractivity contribution in [2.24, 2.45) is 22.7 Å². The van der Waals surface area contributed by atoms with Gasteiger partial charge in [0.1, 0.15) is 0 Å². The lowest BCUT2D eigenvalue weighted by molar-refractivity contribution is -0.127. The Balaban J connectivity index is 1.50. The van der Waals surface area contributed by atoms with Crippen molar-refractivity contribution in [3.05, 3.63) is 24.3 Å². The summed E-state index contributed by atoms with van der Waals surface area (Å²) in [5.74, 6) is 2.38. The molecule has 1 saturated heterocycles. The molecule has 0 aromatic heterocycles. The second kappa shape index (κ2) is 6.12. The molecule has 0 aromatic carbocycles. The van der Waals surface area contributed by atoms with Crippen LogP contribution in [0.25, 0.3) is 0 Å². The largest absolute Gasteiger partial charge is 0.353 e. The van der Waals surface area contributed by atoms with E-state index in [0.717, 1.165) is 25.1 Å². The minimum Gasteiger partial charge on any atom is -0.353 e. The number of amides is 1. The molecule has 0 radical (unpaired) electrons. The van der Waals surface area contributed by atoms with Crippen LogP contribution in [0.15, 0.2) is 29.3 Å². The number of carbonyl (C=O) groups excluding carboxylic acids is 1. The molecule has 1 saturated carbocycles. The van der Waals surface area contributed by atoms with Crippen LogP contribution in [-0.4, -0.2) is 34.7 Å². The first-order valence-corrected chi connectivity index (χ1v) is 10.0. The second-order valence-corrected chi connectivity index (χ2v) is 8.77. The SMILES string of the molecule is CC1CCCCC1NC(=O)C1CSC23C=CC=CC2=NCCC13. The lowest BCUT2D eigenvalue weighted by Crippen LogP contribution is -2.49. The van der Waals surface area contributed by atoms with Crippen LogP contribution in [0, 0.1) is 17.8 Å². The van der Waals surface area contributed by atoms with E-state index in [0.29, 0.717) is 23.8 Å². The van der Waals surface area contributed by atoms with E-state index < -0.39 is 0 Å². The molecule has 1 spiro atoms. The molecule has 2 aliphatic heterocycles. The number of hydrogen-bond acceptors (Lipinski definition) is 3. The third-order valence-electron chi connectivity index (χ3n) is 6.15. The standard InChI is InChI=1S/C19H26N2OS/c1-13-6-2-3-7-16(13)21-18(22)14-12-23-19-10-5-4-8-17(19)20-11-9-15(14)19/h4-5,8,10,13-16H,2-3,6-7,9,11-12H2,1H3,(H,21,22). The maximum atomic E-state index is 13.0.